The van der Waals surface area contributed by atoms with Gasteiger partial charge in [-0.05, 0) is 44.0 Å². The van der Waals surface area contributed by atoms with Crippen molar-refractivity contribution in [3.8, 4) is 0 Å². The molecule has 122 valence electrons. The number of hydrogen-bond donors (Lipinski definition) is 2. The Hall–Kier alpha value is -2.27. The first kappa shape index (κ1) is 17.1. The summed E-state index contributed by atoms with van der Waals surface area (Å²) in [6, 6.07) is 8.34. The van der Waals surface area contributed by atoms with E-state index < -0.39 is 6.04 Å². The van der Waals surface area contributed by atoms with E-state index in [4.69, 9.17) is 16.0 Å². The molecule has 1 heterocycles. The zero-order chi connectivity index (χ0) is 16.8. The molecule has 0 aliphatic carbocycles. The maximum atomic E-state index is 12.1. The lowest BCUT2D eigenvalue weighted by atomic mass is 10.1. The summed E-state index contributed by atoms with van der Waals surface area (Å²) in [5.74, 6) is -0.583. The second-order valence-electron chi connectivity index (χ2n) is 5.45. The fourth-order valence-corrected chi connectivity index (χ4v) is 2.39. The Kier molecular flexibility index (Phi) is 5.82. The van der Waals surface area contributed by atoms with Crippen LogP contribution in [-0.4, -0.2) is 23.9 Å². The molecule has 1 aromatic carbocycles. The Morgan fingerprint density at radius 1 is 1.22 bits per heavy atom. The van der Waals surface area contributed by atoms with E-state index in [2.05, 4.69) is 10.6 Å². The van der Waals surface area contributed by atoms with Crippen molar-refractivity contribution in [1.29, 1.82) is 0 Å². The van der Waals surface area contributed by atoms with Gasteiger partial charge in [-0.25, -0.2) is 0 Å². The quantitative estimate of drug-likeness (QED) is 0.853. The summed E-state index contributed by atoms with van der Waals surface area (Å²) in [6.45, 7) is 3.54. The number of rotatable bonds is 6. The second-order valence-corrected chi connectivity index (χ2v) is 5.89. The summed E-state index contributed by atoms with van der Waals surface area (Å²) in [6.07, 6.45) is 3.41. The molecule has 0 aliphatic rings. The standard InChI is InChI=1S/C17H19ClN2O3/c1-11(8-13-4-3-5-15(18)9-13)19-16(21)12(2)20-17(22)14-6-7-23-10-14/h3-7,9-12H,8H2,1-2H3,(H,19,21)(H,20,22). The number of carbonyl (C=O) groups is 2. The molecule has 2 aromatic rings. The van der Waals surface area contributed by atoms with Gasteiger partial charge in [-0.1, -0.05) is 23.7 Å². The first-order valence-electron chi connectivity index (χ1n) is 7.33. The average Bonchev–Trinajstić information content (AvgIpc) is 3.01. The molecule has 0 fully saturated rings. The van der Waals surface area contributed by atoms with Crippen molar-refractivity contribution < 1.29 is 14.0 Å². The number of amides is 2. The van der Waals surface area contributed by atoms with E-state index in [1.165, 1.54) is 12.5 Å². The van der Waals surface area contributed by atoms with Crippen LogP contribution in [0.15, 0.2) is 47.3 Å². The highest BCUT2D eigenvalue weighted by atomic mass is 35.5. The molecule has 1 aromatic heterocycles. The van der Waals surface area contributed by atoms with Crippen LogP contribution >= 0.6 is 11.6 Å². The lowest BCUT2D eigenvalue weighted by Crippen LogP contribution is -2.47. The Labute approximate surface area is 140 Å². The van der Waals surface area contributed by atoms with Crippen LogP contribution < -0.4 is 10.6 Å². The first-order chi connectivity index (χ1) is 11.0. The summed E-state index contributed by atoms with van der Waals surface area (Å²) in [5.41, 5.74) is 1.43. The fraction of sp³-hybridized carbons (Fsp3) is 0.294. The van der Waals surface area contributed by atoms with Crippen LogP contribution in [0.5, 0.6) is 0 Å². The predicted octanol–water partition coefficient (Wildman–Crippen LogP) is 2.80. The minimum atomic E-state index is -0.640. The maximum absolute atomic E-state index is 12.1. The number of halogens is 1. The van der Waals surface area contributed by atoms with E-state index >= 15 is 0 Å². The van der Waals surface area contributed by atoms with Crippen molar-refractivity contribution in [3.05, 3.63) is 59.0 Å². The average molecular weight is 335 g/mol. The van der Waals surface area contributed by atoms with Gasteiger partial charge in [0.25, 0.3) is 5.91 Å². The fourth-order valence-electron chi connectivity index (χ4n) is 2.18. The molecule has 6 heteroatoms. The molecule has 2 unspecified atom stereocenters. The Morgan fingerprint density at radius 2 is 2.00 bits per heavy atom. The van der Waals surface area contributed by atoms with Crippen molar-refractivity contribution in [2.45, 2.75) is 32.4 Å². The Balaban J connectivity index is 1.84. The van der Waals surface area contributed by atoms with E-state index in [0.717, 1.165) is 5.56 Å². The van der Waals surface area contributed by atoms with Crippen LogP contribution in [0.2, 0.25) is 5.02 Å². The monoisotopic (exact) mass is 334 g/mol. The molecule has 23 heavy (non-hydrogen) atoms. The van der Waals surface area contributed by atoms with Crippen LogP contribution in [0.1, 0.15) is 29.8 Å². The molecular formula is C17H19ClN2O3. The summed E-state index contributed by atoms with van der Waals surface area (Å²) < 4.78 is 4.85. The third-order valence-electron chi connectivity index (χ3n) is 3.34. The Bertz CT molecular complexity index is 670. The van der Waals surface area contributed by atoms with Gasteiger partial charge >= 0.3 is 0 Å². The molecular weight excluding hydrogens is 316 g/mol. The zero-order valence-electron chi connectivity index (χ0n) is 13.0. The largest absolute Gasteiger partial charge is 0.472 e. The van der Waals surface area contributed by atoms with Crippen molar-refractivity contribution >= 4 is 23.4 Å². The lowest BCUT2D eigenvalue weighted by Gasteiger charge is -2.18. The summed E-state index contributed by atoms with van der Waals surface area (Å²) in [7, 11) is 0. The van der Waals surface area contributed by atoms with Gasteiger partial charge in [0.1, 0.15) is 12.3 Å². The van der Waals surface area contributed by atoms with Crippen molar-refractivity contribution in [3.63, 3.8) is 0 Å². The van der Waals surface area contributed by atoms with Gasteiger partial charge in [0, 0.05) is 11.1 Å². The predicted molar refractivity (Wildman–Crippen MR) is 88.4 cm³/mol. The van der Waals surface area contributed by atoms with Crippen molar-refractivity contribution in [2.24, 2.45) is 0 Å². The topological polar surface area (TPSA) is 71.3 Å². The number of furan rings is 1. The highest BCUT2D eigenvalue weighted by molar-refractivity contribution is 6.30. The minimum Gasteiger partial charge on any atom is -0.472 e. The number of nitrogens with one attached hydrogen (secondary N) is 2. The van der Waals surface area contributed by atoms with Gasteiger partial charge < -0.3 is 15.1 Å². The van der Waals surface area contributed by atoms with Crippen LogP contribution in [0, 0.1) is 0 Å². The molecule has 0 saturated carbocycles. The van der Waals surface area contributed by atoms with Gasteiger partial charge in [-0.3, -0.25) is 9.59 Å². The highest BCUT2D eigenvalue weighted by Gasteiger charge is 2.18. The SMILES string of the molecule is CC(Cc1cccc(Cl)c1)NC(=O)C(C)NC(=O)c1ccoc1. The first-order valence-corrected chi connectivity index (χ1v) is 7.71. The zero-order valence-corrected chi connectivity index (χ0v) is 13.8. The number of hydrogen-bond acceptors (Lipinski definition) is 3. The van der Waals surface area contributed by atoms with E-state index in [0.29, 0.717) is 17.0 Å². The third kappa shape index (κ3) is 5.14. The van der Waals surface area contributed by atoms with Gasteiger partial charge in [0.05, 0.1) is 11.8 Å². The molecule has 0 spiro atoms. The normalized spacial score (nSPS) is 13.2. The Morgan fingerprint density at radius 3 is 2.65 bits per heavy atom. The van der Waals surface area contributed by atoms with Crippen molar-refractivity contribution in [1.82, 2.24) is 10.6 Å². The summed E-state index contributed by atoms with van der Waals surface area (Å²) in [4.78, 5) is 24.0. The molecule has 2 N–H and O–H groups in total. The molecule has 0 bridgehead atoms. The van der Waals surface area contributed by atoms with Gasteiger partial charge in [-0.2, -0.15) is 0 Å². The van der Waals surface area contributed by atoms with Gasteiger partial charge in [0.15, 0.2) is 0 Å². The number of carbonyl (C=O) groups excluding carboxylic acids is 2. The van der Waals surface area contributed by atoms with Crippen LogP contribution in [0.3, 0.4) is 0 Å². The number of benzene rings is 1. The van der Waals surface area contributed by atoms with Crippen LogP contribution in [-0.2, 0) is 11.2 Å². The van der Waals surface area contributed by atoms with Crippen molar-refractivity contribution in [2.75, 3.05) is 0 Å². The maximum Gasteiger partial charge on any atom is 0.255 e. The molecule has 0 saturated heterocycles. The van der Waals surface area contributed by atoms with E-state index in [1.54, 1.807) is 13.0 Å². The van der Waals surface area contributed by atoms with E-state index in [-0.39, 0.29) is 17.9 Å². The van der Waals surface area contributed by atoms with E-state index in [9.17, 15) is 9.59 Å². The molecule has 2 amide bonds. The molecule has 0 radical (unpaired) electrons. The molecule has 0 aliphatic heterocycles. The second kappa shape index (κ2) is 7.83. The van der Waals surface area contributed by atoms with Crippen LogP contribution in [0.25, 0.3) is 0 Å². The van der Waals surface area contributed by atoms with Gasteiger partial charge in [-0.15, -0.1) is 0 Å². The van der Waals surface area contributed by atoms with E-state index in [1.807, 2.05) is 31.2 Å². The smallest absolute Gasteiger partial charge is 0.255 e. The summed E-state index contributed by atoms with van der Waals surface area (Å²) >= 11 is 5.95. The lowest BCUT2D eigenvalue weighted by molar-refractivity contribution is -0.123. The highest BCUT2D eigenvalue weighted by Crippen LogP contribution is 2.12. The molecule has 5 nitrogen and oxygen atoms in total. The summed E-state index contributed by atoms with van der Waals surface area (Å²) in [5, 5.41) is 6.17. The molecule has 2 atom stereocenters. The molecule has 2 rings (SSSR count). The minimum absolute atomic E-state index is 0.0748. The van der Waals surface area contributed by atoms with Gasteiger partial charge in [0.2, 0.25) is 5.91 Å². The third-order valence-corrected chi connectivity index (χ3v) is 3.58. The van der Waals surface area contributed by atoms with Crippen LogP contribution in [0.4, 0.5) is 0 Å².